The van der Waals surface area contributed by atoms with Crippen molar-refractivity contribution in [2.75, 3.05) is 39.6 Å². The molecule has 136 valence electrons. The van der Waals surface area contributed by atoms with Gasteiger partial charge in [-0.3, -0.25) is 4.79 Å². The average Bonchev–Trinajstić information content (AvgIpc) is 2.56. The van der Waals surface area contributed by atoms with Gasteiger partial charge in [0.1, 0.15) is 6.61 Å². The van der Waals surface area contributed by atoms with Crippen LogP contribution >= 0.6 is 0 Å². The van der Waals surface area contributed by atoms with Gasteiger partial charge in [-0.05, 0) is 30.4 Å². The average molecular weight is 338 g/mol. The molecule has 0 bridgehead atoms. The fourth-order valence-electron chi connectivity index (χ4n) is 2.26. The third kappa shape index (κ3) is 8.43. The summed E-state index contributed by atoms with van der Waals surface area (Å²) in [5.41, 5.74) is 2.25. The molecule has 0 radical (unpaired) electrons. The van der Waals surface area contributed by atoms with E-state index in [1.165, 1.54) is 5.56 Å². The molecule has 1 N–H and O–H groups in total. The summed E-state index contributed by atoms with van der Waals surface area (Å²) in [5, 5.41) is 8.54. The molecular weight excluding hydrogens is 308 g/mol. The molecule has 0 heterocycles. The Bertz CT molecular complexity index is 455. The van der Waals surface area contributed by atoms with Gasteiger partial charge in [0.05, 0.1) is 39.0 Å². The number of rotatable bonds is 12. The van der Waals surface area contributed by atoms with Gasteiger partial charge in [-0.25, -0.2) is 0 Å². The first kappa shape index (κ1) is 20.6. The Morgan fingerprint density at radius 3 is 2.12 bits per heavy atom. The van der Waals surface area contributed by atoms with Crippen LogP contribution < -0.4 is 0 Å². The number of carbonyl (C=O) groups is 1. The summed E-state index contributed by atoms with van der Waals surface area (Å²) in [6.45, 7) is 7.97. The van der Waals surface area contributed by atoms with E-state index in [1.807, 2.05) is 19.1 Å². The Hall–Kier alpha value is -1.43. The maximum Gasteiger partial charge on any atom is 0.313 e. The van der Waals surface area contributed by atoms with Crippen LogP contribution in [0.2, 0.25) is 0 Å². The summed E-state index contributed by atoms with van der Waals surface area (Å²) >= 11 is 0. The lowest BCUT2D eigenvalue weighted by molar-refractivity contribution is -0.146. The van der Waals surface area contributed by atoms with E-state index in [-0.39, 0.29) is 25.1 Å². The molecule has 0 saturated heterocycles. The Balaban J connectivity index is 2.24. The molecule has 1 aromatic carbocycles. The molecular formula is C19H30O5. The molecule has 0 unspecified atom stereocenters. The van der Waals surface area contributed by atoms with Gasteiger partial charge in [0, 0.05) is 0 Å². The number of hydrogen-bond donors (Lipinski definition) is 1. The van der Waals surface area contributed by atoms with Crippen LogP contribution in [0, 0.1) is 5.92 Å². The largest absolute Gasteiger partial charge is 0.463 e. The van der Waals surface area contributed by atoms with E-state index in [0.717, 1.165) is 12.0 Å². The molecule has 0 fully saturated rings. The number of ether oxygens (including phenoxy) is 3. The molecule has 0 spiro atoms. The summed E-state index contributed by atoms with van der Waals surface area (Å²) in [4.78, 5) is 12.0. The van der Waals surface area contributed by atoms with Gasteiger partial charge in [0.15, 0.2) is 0 Å². The third-order valence-electron chi connectivity index (χ3n) is 3.56. The first-order chi connectivity index (χ1) is 11.5. The second-order valence-corrected chi connectivity index (χ2v) is 6.18. The molecule has 0 saturated carbocycles. The number of esters is 1. The van der Waals surface area contributed by atoms with Crippen LogP contribution in [-0.2, 0) is 25.4 Å². The quantitative estimate of drug-likeness (QED) is 0.469. The third-order valence-corrected chi connectivity index (χ3v) is 3.56. The zero-order chi connectivity index (χ0) is 17.8. The maximum atomic E-state index is 12.0. The van der Waals surface area contributed by atoms with E-state index in [1.54, 1.807) is 0 Å². The fourth-order valence-corrected chi connectivity index (χ4v) is 2.26. The Morgan fingerprint density at radius 1 is 0.958 bits per heavy atom. The monoisotopic (exact) mass is 338 g/mol. The fraction of sp³-hybridized carbons (Fsp3) is 0.632. The number of hydrogen-bond acceptors (Lipinski definition) is 5. The lowest BCUT2D eigenvalue weighted by atomic mass is 9.97. The van der Waals surface area contributed by atoms with Crippen molar-refractivity contribution < 1.29 is 24.1 Å². The zero-order valence-corrected chi connectivity index (χ0v) is 15.0. The number of benzene rings is 1. The van der Waals surface area contributed by atoms with E-state index in [2.05, 4.69) is 26.0 Å². The zero-order valence-electron chi connectivity index (χ0n) is 15.0. The SMILES string of the molecule is CC(C)Cc1ccc([C@H](C)C(=O)OCCOCCOCCO)cc1. The molecule has 0 amide bonds. The van der Waals surface area contributed by atoms with E-state index < -0.39 is 0 Å². The minimum Gasteiger partial charge on any atom is -0.463 e. The minimum absolute atomic E-state index is 0.00789. The first-order valence-electron chi connectivity index (χ1n) is 8.56. The predicted octanol–water partition coefficient (Wildman–Crippen LogP) is 2.56. The Morgan fingerprint density at radius 2 is 1.54 bits per heavy atom. The molecule has 5 nitrogen and oxygen atoms in total. The van der Waals surface area contributed by atoms with Gasteiger partial charge in [-0.1, -0.05) is 38.1 Å². The normalized spacial score (nSPS) is 12.4. The van der Waals surface area contributed by atoms with Crippen LogP contribution in [0.3, 0.4) is 0 Å². The van der Waals surface area contributed by atoms with Crippen LogP contribution in [0.5, 0.6) is 0 Å². The van der Waals surface area contributed by atoms with Gasteiger partial charge in [0.25, 0.3) is 0 Å². The van der Waals surface area contributed by atoms with Crippen LogP contribution in [-0.4, -0.2) is 50.7 Å². The first-order valence-corrected chi connectivity index (χ1v) is 8.56. The molecule has 1 aromatic rings. The van der Waals surface area contributed by atoms with Gasteiger partial charge in [0.2, 0.25) is 0 Å². The lowest BCUT2D eigenvalue weighted by Gasteiger charge is -2.13. The van der Waals surface area contributed by atoms with Crippen molar-refractivity contribution >= 4 is 5.97 Å². The van der Waals surface area contributed by atoms with Crippen LogP contribution in [0.4, 0.5) is 0 Å². The van der Waals surface area contributed by atoms with E-state index in [9.17, 15) is 4.79 Å². The Labute approximate surface area is 144 Å². The van der Waals surface area contributed by atoms with Crippen molar-refractivity contribution in [3.8, 4) is 0 Å². The highest BCUT2D eigenvalue weighted by atomic mass is 16.6. The maximum absolute atomic E-state index is 12.0. The summed E-state index contributed by atoms with van der Waals surface area (Å²) in [6, 6.07) is 8.15. The summed E-state index contributed by atoms with van der Waals surface area (Å²) < 4.78 is 15.6. The van der Waals surface area contributed by atoms with Crippen LogP contribution in [0.25, 0.3) is 0 Å². The van der Waals surface area contributed by atoms with Gasteiger partial charge < -0.3 is 19.3 Å². The minimum atomic E-state index is -0.286. The van der Waals surface area contributed by atoms with Gasteiger partial charge in [-0.15, -0.1) is 0 Å². The van der Waals surface area contributed by atoms with E-state index >= 15 is 0 Å². The van der Waals surface area contributed by atoms with Gasteiger partial charge in [-0.2, -0.15) is 0 Å². The molecule has 0 aromatic heterocycles. The molecule has 1 atom stereocenters. The highest BCUT2D eigenvalue weighted by molar-refractivity contribution is 5.77. The van der Waals surface area contributed by atoms with E-state index in [4.69, 9.17) is 19.3 Å². The predicted molar refractivity (Wildman–Crippen MR) is 93.1 cm³/mol. The molecule has 5 heteroatoms. The summed E-state index contributed by atoms with van der Waals surface area (Å²) in [6.07, 6.45) is 1.04. The van der Waals surface area contributed by atoms with Crippen molar-refractivity contribution in [3.63, 3.8) is 0 Å². The van der Waals surface area contributed by atoms with Crippen molar-refractivity contribution in [2.45, 2.75) is 33.1 Å². The van der Waals surface area contributed by atoms with Gasteiger partial charge >= 0.3 is 5.97 Å². The smallest absolute Gasteiger partial charge is 0.313 e. The van der Waals surface area contributed by atoms with Crippen molar-refractivity contribution in [1.82, 2.24) is 0 Å². The molecule has 0 aliphatic rings. The molecule has 1 rings (SSSR count). The number of carbonyl (C=O) groups excluding carboxylic acids is 1. The summed E-state index contributed by atoms with van der Waals surface area (Å²) in [7, 11) is 0. The summed E-state index contributed by atoms with van der Waals surface area (Å²) in [5.74, 6) is 0.0880. The van der Waals surface area contributed by atoms with Crippen molar-refractivity contribution in [2.24, 2.45) is 5.92 Å². The topological polar surface area (TPSA) is 65.0 Å². The second-order valence-electron chi connectivity index (χ2n) is 6.18. The standard InChI is InChI=1S/C19H30O5/c1-15(2)14-17-4-6-18(7-5-17)16(3)19(21)24-13-12-23-11-10-22-9-8-20/h4-7,15-16,20H,8-14H2,1-3H3/t16-/m0/s1. The van der Waals surface area contributed by atoms with E-state index in [0.29, 0.717) is 32.3 Å². The van der Waals surface area contributed by atoms with Crippen LogP contribution in [0.15, 0.2) is 24.3 Å². The molecule has 0 aliphatic carbocycles. The second kappa shape index (κ2) is 12.0. The number of aliphatic hydroxyl groups excluding tert-OH is 1. The molecule has 24 heavy (non-hydrogen) atoms. The Kier molecular flexibility index (Phi) is 10.3. The highest BCUT2D eigenvalue weighted by Crippen LogP contribution is 2.18. The van der Waals surface area contributed by atoms with Crippen molar-refractivity contribution in [1.29, 1.82) is 0 Å². The lowest BCUT2D eigenvalue weighted by Crippen LogP contribution is -2.17. The molecule has 0 aliphatic heterocycles. The van der Waals surface area contributed by atoms with Crippen LogP contribution in [0.1, 0.15) is 37.8 Å². The van der Waals surface area contributed by atoms with Crippen molar-refractivity contribution in [3.05, 3.63) is 35.4 Å². The highest BCUT2D eigenvalue weighted by Gasteiger charge is 2.16. The number of aliphatic hydroxyl groups is 1.